The van der Waals surface area contributed by atoms with Crippen LogP contribution < -0.4 is 11.1 Å². The molecule has 6 heteroatoms. The Morgan fingerprint density at radius 3 is 2.05 bits per heavy atom. The lowest BCUT2D eigenvalue weighted by molar-refractivity contribution is -0.143. The van der Waals surface area contributed by atoms with Crippen LogP contribution >= 0.6 is 0 Å². The number of benzene rings is 1. The summed E-state index contributed by atoms with van der Waals surface area (Å²) >= 11 is 0. The number of nitrogens with two attached hydrogens (primary N) is 1. The summed E-state index contributed by atoms with van der Waals surface area (Å²) in [6.07, 6.45) is 4.07. The molecule has 3 N–H and O–H groups in total. The van der Waals surface area contributed by atoms with Crippen molar-refractivity contribution in [3.63, 3.8) is 0 Å². The molecule has 6 nitrogen and oxygen atoms in total. The first kappa shape index (κ1) is 15.0. The molecule has 0 aliphatic carbocycles. The van der Waals surface area contributed by atoms with E-state index in [1.807, 2.05) is 0 Å². The molecule has 1 saturated heterocycles. The first-order chi connectivity index (χ1) is 10.1. The maximum Gasteiger partial charge on any atom is 0.313 e. The number of anilines is 1. The van der Waals surface area contributed by atoms with Crippen LogP contribution in [0.4, 0.5) is 5.69 Å². The van der Waals surface area contributed by atoms with E-state index in [0.29, 0.717) is 24.3 Å². The zero-order chi connectivity index (χ0) is 15.2. The summed E-state index contributed by atoms with van der Waals surface area (Å²) in [6, 6.07) is 6.12. The van der Waals surface area contributed by atoms with E-state index in [0.717, 1.165) is 25.7 Å². The largest absolute Gasteiger partial charge is 0.366 e. The van der Waals surface area contributed by atoms with Crippen molar-refractivity contribution in [1.29, 1.82) is 0 Å². The summed E-state index contributed by atoms with van der Waals surface area (Å²) in [5.41, 5.74) is 5.96. The van der Waals surface area contributed by atoms with Crippen LogP contribution in [-0.4, -0.2) is 35.7 Å². The first-order valence-electron chi connectivity index (χ1n) is 7.08. The Balaban J connectivity index is 1.96. The van der Waals surface area contributed by atoms with Gasteiger partial charge in [-0.05, 0) is 37.1 Å². The summed E-state index contributed by atoms with van der Waals surface area (Å²) in [7, 11) is 0. The molecular formula is C15H19N3O3. The van der Waals surface area contributed by atoms with E-state index in [4.69, 9.17) is 5.73 Å². The monoisotopic (exact) mass is 289 g/mol. The second-order valence-corrected chi connectivity index (χ2v) is 5.10. The van der Waals surface area contributed by atoms with Gasteiger partial charge in [-0.3, -0.25) is 14.4 Å². The van der Waals surface area contributed by atoms with Crippen LogP contribution in [0.3, 0.4) is 0 Å². The van der Waals surface area contributed by atoms with E-state index in [2.05, 4.69) is 5.32 Å². The lowest BCUT2D eigenvalue weighted by Crippen LogP contribution is -2.40. The molecule has 0 spiro atoms. The van der Waals surface area contributed by atoms with Crippen LogP contribution in [0.1, 0.15) is 36.0 Å². The zero-order valence-corrected chi connectivity index (χ0v) is 11.8. The summed E-state index contributed by atoms with van der Waals surface area (Å²) in [4.78, 5) is 36.6. The third-order valence-electron chi connectivity index (χ3n) is 3.51. The van der Waals surface area contributed by atoms with Crippen LogP contribution in [0.2, 0.25) is 0 Å². The Morgan fingerprint density at radius 2 is 1.52 bits per heavy atom. The number of primary amides is 1. The average Bonchev–Trinajstić information content (AvgIpc) is 2.76. The van der Waals surface area contributed by atoms with Crippen molar-refractivity contribution < 1.29 is 14.4 Å². The van der Waals surface area contributed by atoms with E-state index >= 15 is 0 Å². The minimum Gasteiger partial charge on any atom is -0.366 e. The third-order valence-corrected chi connectivity index (χ3v) is 3.51. The lowest BCUT2D eigenvalue weighted by Gasteiger charge is -2.19. The van der Waals surface area contributed by atoms with Gasteiger partial charge in [0.2, 0.25) is 5.91 Å². The quantitative estimate of drug-likeness (QED) is 0.799. The van der Waals surface area contributed by atoms with Crippen LogP contribution in [0, 0.1) is 0 Å². The third kappa shape index (κ3) is 4.05. The van der Waals surface area contributed by atoms with Crippen LogP contribution in [0.25, 0.3) is 0 Å². The van der Waals surface area contributed by atoms with Gasteiger partial charge in [0.1, 0.15) is 0 Å². The van der Waals surface area contributed by atoms with Gasteiger partial charge in [-0.1, -0.05) is 12.8 Å². The van der Waals surface area contributed by atoms with Crippen molar-refractivity contribution in [2.75, 3.05) is 18.4 Å². The lowest BCUT2D eigenvalue weighted by atomic mass is 10.2. The standard InChI is InChI=1S/C15H19N3O3/c16-13(19)11-5-7-12(8-6-11)17-14(20)15(21)18-9-3-1-2-4-10-18/h5-8H,1-4,9-10H2,(H2,16,19)(H,17,20). The fraction of sp³-hybridized carbons (Fsp3) is 0.400. The van der Waals surface area contributed by atoms with Crippen molar-refractivity contribution in [2.45, 2.75) is 25.7 Å². The molecule has 1 fully saturated rings. The van der Waals surface area contributed by atoms with Gasteiger partial charge in [-0.2, -0.15) is 0 Å². The van der Waals surface area contributed by atoms with E-state index < -0.39 is 17.7 Å². The second-order valence-electron chi connectivity index (χ2n) is 5.10. The van der Waals surface area contributed by atoms with Gasteiger partial charge < -0.3 is 16.0 Å². The molecule has 2 rings (SSSR count). The predicted molar refractivity (Wildman–Crippen MR) is 78.6 cm³/mol. The van der Waals surface area contributed by atoms with Gasteiger partial charge in [0.15, 0.2) is 0 Å². The molecule has 21 heavy (non-hydrogen) atoms. The number of amides is 3. The average molecular weight is 289 g/mol. The maximum atomic E-state index is 12.1. The molecule has 0 atom stereocenters. The van der Waals surface area contributed by atoms with Gasteiger partial charge in [0.25, 0.3) is 0 Å². The molecule has 0 saturated carbocycles. The summed E-state index contributed by atoms with van der Waals surface area (Å²) < 4.78 is 0. The highest BCUT2D eigenvalue weighted by molar-refractivity contribution is 6.39. The predicted octanol–water partition coefficient (Wildman–Crippen LogP) is 1.13. The van der Waals surface area contributed by atoms with Gasteiger partial charge in [-0.15, -0.1) is 0 Å². The van der Waals surface area contributed by atoms with Crippen LogP contribution in [0.5, 0.6) is 0 Å². The number of nitrogens with zero attached hydrogens (tertiary/aromatic N) is 1. The van der Waals surface area contributed by atoms with Crippen molar-refractivity contribution in [3.8, 4) is 0 Å². The number of hydrogen-bond donors (Lipinski definition) is 2. The van der Waals surface area contributed by atoms with Crippen molar-refractivity contribution >= 4 is 23.4 Å². The first-order valence-corrected chi connectivity index (χ1v) is 7.08. The SMILES string of the molecule is NC(=O)c1ccc(NC(=O)C(=O)N2CCCCCC2)cc1. The van der Waals surface area contributed by atoms with E-state index in [9.17, 15) is 14.4 Å². The molecule has 0 aromatic heterocycles. The van der Waals surface area contributed by atoms with Crippen LogP contribution in [0.15, 0.2) is 24.3 Å². The molecule has 0 bridgehead atoms. The highest BCUT2D eigenvalue weighted by Crippen LogP contribution is 2.12. The summed E-state index contributed by atoms with van der Waals surface area (Å²) in [5, 5.41) is 2.54. The van der Waals surface area contributed by atoms with Gasteiger partial charge in [-0.25, -0.2) is 0 Å². The van der Waals surface area contributed by atoms with E-state index in [1.165, 1.54) is 12.1 Å². The second kappa shape index (κ2) is 6.88. The van der Waals surface area contributed by atoms with E-state index in [-0.39, 0.29) is 0 Å². The summed E-state index contributed by atoms with van der Waals surface area (Å²) in [5.74, 6) is -1.69. The van der Waals surface area contributed by atoms with Crippen LogP contribution in [-0.2, 0) is 9.59 Å². The fourth-order valence-electron chi connectivity index (χ4n) is 2.32. The van der Waals surface area contributed by atoms with Crippen molar-refractivity contribution in [3.05, 3.63) is 29.8 Å². The normalized spacial score (nSPS) is 15.1. The highest BCUT2D eigenvalue weighted by atomic mass is 16.2. The smallest absolute Gasteiger partial charge is 0.313 e. The number of likely N-dealkylation sites (tertiary alicyclic amines) is 1. The number of hydrogen-bond acceptors (Lipinski definition) is 3. The minimum absolute atomic E-state index is 0.354. The Bertz CT molecular complexity index is 532. The van der Waals surface area contributed by atoms with E-state index in [1.54, 1.807) is 17.0 Å². The molecule has 1 heterocycles. The van der Waals surface area contributed by atoms with Gasteiger partial charge in [0, 0.05) is 24.3 Å². The van der Waals surface area contributed by atoms with Crippen molar-refractivity contribution in [2.24, 2.45) is 5.73 Å². The number of nitrogens with one attached hydrogen (secondary N) is 1. The zero-order valence-electron chi connectivity index (χ0n) is 11.8. The molecule has 1 aliphatic heterocycles. The number of carbonyl (C=O) groups excluding carboxylic acids is 3. The Labute approximate surface area is 123 Å². The van der Waals surface area contributed by atoms with Gasteiger partial charge in [0.05, 0.1) is 0 Å². The maximum absolute atomic E-state index is 12.1. The summed E-state index contributed by atoms with van der Waals surface area (Å²) in [6.45, 7) is 1.26. The fourth-order valence-corrected chi connectivity index (χ4v) is 2.32. The Hall–Kier alpha value is -2.37. The van der Waals surface area contributed by atoms with Gasteiger partial charge >= 0.3 is 11.8 Å². The number of carbonyl (C=O) groups is 3. The molecule has 0 radical (unpaired) electrons. The molecule has 1 aliphatic rings. The minimum atomic E-state index is -0.649. The molecule has 0 unspecified atom stereocenters. The topological polar surface area (TPSA) is 92.5 Å². The molecular weight excluding hydrogens is 270 g/mol. The molecule has 1 aromatic rings. The highest BCUT2D eigenvalue weighted by Gasteiger charge is 2.22. The van der Waals surface area contributed by atoms with Crippen molar-refractivity contribution in [1.82, 2.24) is 4.90 Å². The molecule has 1 aromatic carbocycles. The molecule has 112 valence electrons. The Morgan fingerprint density at radius 1 is 0.952 bits per heavy atom. The number of rotatable bonds is 2. The Kier molecular flexibility index (Phi) is 4.92. The molecule has 3 amide bonds.